The Kier molecular flexibility index (Phi) is 5.10. The Morgan fingerprint density at radius 3 is 2.57 bits per heavy atom. The molecule has 4 rings (SSSR count). The van der Waals surface area contributed by atoms with Crippen molar-refractivity contribution in [3.05, 3.63) is 65.5 Å². The highest BCUT2D eigenvalue weighted by atomic mass is 16.5. The van der Waals surface area contributed by atoms with E-state index < -0.39 is 0 Å². The summed E-state index contributed by atoms with van der Waals surface area (Å²) < 4.78 is 11.1. The summed E-state index contributed by atoms with van der Waals surface area (Å²) in [6, 6.07) is 15.2. The van der Waals surface area contributed by atoms with Crippen LogP contribution in [0.3, 0.4) is 0 Å². The largest absolute Gasteiger partial charge is 0.497 e. The molecule has 1 atom stereocenters. The fourth-order valence-electron chi connectivity index (χ4n) is 3.49. The van der Waals surface area contributed by atoms with Gasteiger partial charge in [0, 0.05) is 24.2 Å². The van der Waals surface area contributed by atoms with Gasteiger partial charge in [0.05, 0.1) is 13.0 Å². The molecule has 2 aromatic carbocycles. The average Bonchev–Trinajstić information content (AvgIpc) is 3.24. The second kappa shape index (κ2) is 7.84. The van der Waals surface area contributed by atoms with Gasteiger partial charge in [0.1, 0.15) is 5.75 Å². The van der Waals surface area contributed by atoms with E-state index in [1.165, 1.54) is 5.56 Å². The van der Waals surface area contributed by atoms with Crippen molar-refractivity contribution in [2.75, 3.05) is 20.2 Å². The Hall–Kier alpha value is -3.15. The van der Waals surface area contributed by atoms with Gasteiger partial charge in [0.25, 0.3) is 5.91 Å². The zero-order chi connectivity index (χ0) is 19.5. The van der Waals surface area contributed by atoms with E-state index in [2.05, 4.69) is 10.2 Å². The number of benzene rings is 2. The van der Waals surface area contributed by atoms with Gasteiger partial charge in [-0.05, 0) is 56.2 Å². The van der Waals surface area contributed by atoms with Crippen LogP contribution in [0.4, 0.5) is 0 Å². The smallest absolute Gasteiger partial charge is 0.253 e. The molecule has 1 saturated heterocycles. The molecule has 0 radical (unpaired) electrons. The molecule has 0 aliphatic carbocycles. The van der Waals surface area contributed by atoms with Crippen molar-refractivity contribution in [1.82, 2.24) is 15.1 Å². The van der Waals surface area contributed by atoms with E-state index in [0.29, 0.717) is 23.9 Å². The lowest BCUT2D eigenvalue weighted by Crippen LogP contribution is -2.39. The predicted molar refractivity (Wildman–Crippen MR) is 105 cm³/mol. The summed E-state index contributed by atoms with van der Waals surface area (Å²) in [6.45, 7) is 3.36. The zero-order valence-electron chi connectivity index (χ0n) is 16.1. The molecular weight excluding hydrogens is 354 g/mol. The lowest BCUT2D eigenvalue weighted by Gasteiger charge is -2.31. The van der Waals surface area contributed by atoms with Gasteiger partial charge >= 0.3 is 0 Å². The van der Waals surface area contributed by atoms with Gasteiger partial charge in [0.2, 0.25) is 11.8 Å². The molecule has 6 heteroatoms. The van der Waals surface area contributed by atoms with Crippen LogP contribution in [0, 0.1) is 6.92 Å². The van der Waals surface area contributed by atoms with E-state index in [0.717, 1.165) is 30.7 Å². The highest BCUT2D eigenvalue weighted by molar-refractivity contribution is 5.94. The Balaban J connectivity index is 1.47. The first-order chi connectivity index (χ1) is 13.6. The summed E-state index contributed by atoms with van der Waals surface area (Å²) in [7, 11) is 1.61. The Morgan fingerprint density at radius 1 is 1.11 bits per heavy atom. The molecule has 0 N–H and O–H groups in total. The number of aryl methyl sites for hydroxylation is 1. The van der Waals surface area contributed by atoms with Crippen LogP contribution in [0.25, 0.3) is 11.5 Å². The van der Waals surface area contributed by atoms with Crippen LogP contribution in [0.15, 0.2) is 52.9 Å². The minimum Gasteiger partial charge on any atom is -0.497 e. The van der Waals surface area contributed by atoms with Gasteiger partial charge in [-0.2, -0.15) is 0 Å². The number of methoxy groups -OCH3 is 1. The second-order valence-corrected chi connectivity index (χ2v) is 7.13. The lowest BCUT2D eigenvalue weighted by atomic mass is 9.97. The third-order valence-corrected chi connectivity index (χ3v) is 5.13. The van der Waals surface area contributed by atoms with Crippen LogP contribution in [0.5, 0.6) is 5.75 Å². The molecule has 2 heterocycles. The van der Waals surface area contributed by atoms with E-state index in [1.807, 2.05) is 36.1 Å². The van der Waals surface area contributed by atoms with Gasteiger partial charge in [0.15, 0.2) is 0 Å². The van der Waals surface area contributed by atoms with Gasteiger partial charge in [-0.15, -0.1) is 10.2 Å². The summed E-state index contributed by atoms with van der Waals surface area (Å²) in [5.41, 5.74) is 2.75. The van der Waals surface area contributed by atoms with Crippen LogP contribution in [0.2, 0.25) is 0 Å². The Bertz CT molecular complexity index is 948. The number of amides is 1. The standard InChI is InChI=1S/C22H23N3O3/c1-15-5-7-16(8-6-15)20-23-24-21(28-20)18-4-3-13-25(14-18)22(26)17-9-11-19(27-2)12-10-17/h5-12,18H,3-4,13-14H2,1-2H3/t18-/m0/s1. The number of rotatable bonds is 4. The number of ether oxygens (including phenoxy) is 1. The molecule has 1 fully saturated rings. The quantitative estimate of drug-likeness (QED) is 0.685. The van der Waals surface area contributed by atoms with E-state index in [9.17, 15) is 4.79 Å². The van der Waals surface area contributed by atoms with E-state index in [1.54, 1.807) is 31.4 Å². The van der Waals surface area contributed by atoms with Gasteiger partial charge in [-0.3, -0.25) is 4.79 Å². The Morgan fingerprint density at radius 2 is 1.86 bits per heavy atom. The first kappa shape index (κ1) is 18.2. The van der Waals surface area contributed by atoms with Crippen LogP contribution < -0.4 is 4.74 Å². The summed E-state index contributed by atoms with van der Waals surface area (Å²) >= 11 is 0. The topological polar surface area (TPSA) is 68.5 Å². The summed E-state index contributed by atoms with van der Waals surface area (Å²) in [5.74, 6) is 1.94. The van der Waals surface area contributed by atoms with Gasteiger partial charge < -0.3 is 14.1 Å². The van der Waals surface area contributed by atoms with E-state index >= 15 is 0 Å². The maximum Gasteiger partial charge on any atom is 0.253 e. The number of hydrogen-bond acceptors (Lipinski definition) is 5. The zero-order valence-corrected chi connectivity index (χ0v) is 16.1. The maximum absolute atomic E-state index is 12.9. The van der Waals surface area contributed by atoms with Crippen molar-refractivity contribution in [3.63, 3.8) is 0 Å². The average molecular weight is 377 g/mol. The van der Waals surface area contributed by atoms with Crippen LogP contribution in [-0.4, -0.2) is 41.2 Å². The number of nitrogens with zero attached hydrogens (tertiary/aromatic N) is 3. The minimum absolute atomic E-state index is 0.0191. The molecule has 1 aliphatic heterocycles. The van der Waals surface area contributed by atoms with E-state index in [4.69, 9.17) is 9.15 Å². The fraction of sp³-hybridized carbons (Fsp3) is 0.318. The normalized spacial score (nSPS) is 16.8. The van der Waals surface area contributed by atoms with Crippen LogP contribution in [-0.2, 0) is 0 Å². The van der Waals surface area contributed by atoms with Crippen molar-refractivity contribution in [2.24, 2.45) is 0 Å². The molecule has 28 heavy (non-hydrogen) atoms. The van der Waals surface area contributed by atoms with Crippen molar-refractivity contribution < 1.29 is 13.9 Å². The van der Waals surface area contributed by atoms with Crippen molar-refractivity contribution in [2.45, 2.75) is 25.7 Å². The Labute approximate surface area is 164 Å². The summed E-state index contributed by atoms with van der Waals surface area (Å²) in [4.78, 5) is 14.7. The molecule has 144 valence electrons. The lowest BCUT2D eigenvalue weighted by molar-refractivity contribution is 0.0698. The number of aromatic nitrogens is 2. The van der Waals surface area contributed by atoms with Crippen molar-refractivity contribution >= 4 is 5.91 Å². The first-order valence-electron chi connectivity index (χ1n) is 9.48. The van der Waals surface area contributed by atoms with Crippen molar-refractivity contribution in [1.29, 1.82) is 0 Å². The number of hydrogen-bond donors (Lipinski definition) is 0. The number of piperidine rings is 1. The molecule has 1 aromatic heterocycles. The summed E-state index contributed by atoms with van der Waals surface area (Å²) in [6.07, 6.45) is 1.84. The minimum atomic E-state index is 0.0191. The second-order valence-electron chi connectivity index (χ2n) is 7.13. The molecule has 0 unspecified atom stereocenters. The summed E-state index contributed by atoms with van der Waals surface area (Å²) in [5, 5.41) is 8.46. The number of likely N-dealkylation sites (tertiary alicyclic amines) is 1. The first-order valence-corrected chi connectivity index (χ1v) is 9.48. The molecule has 3 aromatic rings. The molecule has 6 nitrogen and oxygen atoms in total. The van der Waals surface area contributed by atoms with Crippen molar-refractivity contribution in [3.8, 4) is 17.2 Å². The molecule has 0 spiro atoms. The third-order valence-electron chi connectivity index (χ3n) is 5.13. The van der Waals surface area contributed by atoms with Gasteiger partial charge in [-0.1, -0.05) is 17.7 Å². The van der Waals surface area contributed by atoms with Gasteiger partial charge in [-0.25, -0.2) is 0 Å². The third kappa shape index (κ3) is 3.76. The molecule has 1 amide bonds. The highest BCUT2D eigenvalue weighted by Gasteiger charge is 2.29. The monoisotopic (exact) mass is 377 g/mol. The predicted octanol–water partition coefficient (Wildman–Crippen LogP) is 4.07. The number of carbonyl (C=O) groups excluding carboxylic acids is 1. The van der Waals surface area contributed by atoms with Crippen LogP contribution >= 0.6 is 0 Å². The SMILES string of the molecule is COc1ccc(C(=O)N2CCC[C@H](c3nnc(-c4ccc(C)cc4)o3)C2)cc1. The van der Waals surface area contributed by atoms with E-state index in [-0.39, 0.29) is 11.8 Å². The molecule has 1 aliphatic rings. The highest BCUT2D eigenvalue weighted by Crippen LogP contribution is 2.29. The molecular formula is C22H23N3O3. The van der Waals surface area contributed by atoms with Crippen LogP contribution in [0.1, 0.15) is 40.6 Å². The molecule has 0 saturated carbocycles. The number of carbonyl (C=O) groups is 1. The maximum atomic E-state index is 12.9. The molecule has 0 bridgehead atoms. The fourth-order valence-corrected chi connectivity index (χ4v) is 3.49.